The van der Waals surface area contributed by atoms with Crippen molar-refractivity contribution in [1.82, 2.24) is 4.98 Å². The monoisotopic (exact) mass is 460 g/mol. The van der Waals surface area contributed by atoms with Gasteiger partial charge in [0.2, 0.25) is 5.91 Å². The molecular weight excluding hydrogens is 432 g/mol. The standard InChI is InChI=1S/C25H28N6O3/c1-2-31(11-12-32)22-8-7-16(13-21(22)29-10-9-24(27)34)18-14-20(30-25(28)19(18)15-26)17-5-3-4-6-23(17)33/h3-8,13-14,29,32-33H,2,9-12H2,1H3,(H2,27,34)(H2,28,30). The fourth-order valence-electron chi connectivity index (χ4n) is 3.75. The first-order chi connectivity index (χ1) is 16.4. The molecular formula is C25H28N6O3. The first-order valence-electron chi connectivity index (χ1n) is 10.9. The fourth-order valence-corrected chi connectivity index (χ4v) is 3.75. The topological polar surface area (TPSA) is 162 Å². The number of carbonyl (C=O) groups is 1. The first-order valence-corrected chi connectivity index (χ1v) is 10.9. The number of anilines is 3. The van der Waals surface area contributed by atoms with Crippen molar-refractivity contribution in [3.05, 3.63) is 54.1 Å². The number of aromatic hydroxyl groups is 1. The lowest BCUT2D eigenvalue weighted by Gasteiger charge is -2.26. The average molecular weight is 461 g/mol. The highest BCUT2D eigenvalue weighted by atomic mass is 16.3. The van der Waals surface area contributed by atoms with E-state index in [1.165, 1.54) is 0 Å². The Labute approximate surface area is 198 Å². The molecule has 0 aliphatic heterocycles. The van der Waals surface area contributed by atoms with Crippen molar-refractivity contribution in [2.24, 2.45) is 5.73 Å². The molecule has 0 aliphatic rings. The van der Waals surface area contributed by atoms with Crippen molar-refractivity contribution in [2.45, 2.75) is 13.3 Å². The number of primary amides is 1. The zero-order chi connectivity index (χ0) is 24.7. The van der Waals surface area contributed by atoms with Gasteiger partial charge in [0.05, 0.1) is 23.7 Å². The van der Waals surface area contributed by atoms with Crippen molar-refractivity contribution in [3.8, 4) is 34.2 Å². The number of aliphatic hydroxyl groups is 1. The number of likely N-dealkylation sites (N-methyl/N-ethyl adjacent to an activating group) is 1. The van der Waals surface area contributed by atoms with Gasteiger partial charge in [0, 0.05) is 37.2 Å². The molecule has 2 aromatic carbocycles. The minimum Gasteiger partial charge on any atom is -0.507 e. The van der Waals surface area contributed by atoms with Crippen molar-refractivity contribution in [2.75, 3.05) is 42.2 Å². The smallest absolute Gasteiger partial charge is 0.219 e. The average Bonchev–Trinajstić information content (AvgIpc) is 2.82. The van der Waals surface area contributed by atoms with Crippen molar-refractivity contribution < 1.29 is 15.0 Å². The van der Waals surface area contributed by atoms with Crippen LogP contribution in [0.3, 0.4) is 0 Å². The van der Waals surface area contributed by atoms with Crippen molar-refractivity contribution in [1.29, 1.82) is 5.26 Å². The van der Waals surface area contributed by atoms with Crippen molar-refractivity contribution >= 4 is 23.1 Å². The number of carbonyl (C=O) groups excluding carboxylic acids is 1. The summed E-state index contributed by atoms with van der Waals surface area (Å²) in [5.74, 6) is -0.313. The Morgan fingerprint density at radius 3 is 2.62 bits per heavy atom. The molecule has 3 rings (SSSR count). The summed E-state index contributed by atoms with van der Waals surface area (Å²) in [7, 11) is 0. The lowest BCUT2D eigenvalue weighted by Crippen LogP contribution is -2.27. The molecule has 34 heavy (non-hydrogen) atoms. The van der Waals surface area contributed by atoms with Gasteiger partial charge in [-0.1, -0.05) is 18.2 Å². The maximum absolute atomic E-state index is 11.2. The number of aromatic nitrogens is 1. The number of nitrogens with one attached hydrogen (secondary N) is 1. The Kier molecular flexibility index (Phi) is 7.90. The van der Waals surface area contributed by atoms with E-state index in [-0.39, 0.29) is 30.2 Å². The van der Waals surface area contributed by atoms with Crippen LogP contribution in [-0.2, 0) is 4.79 Å². The second kappa shape index (κ2) is 11.0. The van der Waals surface area contributed by atoms with E-state index in [0.717, 1.165) is 11.4 Å². The summed E-state index contributed by atoms with van der Waals surface area (Å²) in [5, 5.41) is 32.8. The lowest BCUT2D eigenvalue weighted by molar-refractivity contribution is -0.117. The number of nitriles is 1. The van der Waals surface area contributed by atoms with Gasteiger partial charge in [-0.25, -0.2) is 4.98 Å². The normalized spacial score (nSPS) is 10.5. The van der Waals surface area contributed by atoms with Gasteiger partial charge < -0.3 is 31.9 Å². The molecule has 3 aromatic rings. The summed E-state index contributed by atoms with van der Waals surface area (Å²) < 4.78 is 0. The number of benzene rings is 2. The van der Waals surface area contributed by atoms with E-state index in [2.05, 4.69) is 16.4 Å². The summed E-state index contributed by atoms with van der Waals surface area (Å²) in [6.45, 7) is 3.39. The van der Waals surface area contributed by atoms with E-state index in [9.17, 15) is 20.3 Å². The Hall–Kier alpha value is -4.29. The van der Waals surface area contributed by atoms with Gasteiger partial charge in [-0.3, -0.25) is 4.79 Å². The number of aliphatic hydroxyl groups excluding tert-OH is 1. The van der Waals surface area contributed by atoms with Crippen LogP contribution < -0.4 is 21.7 Å². The van der Waals surface area contributed by atoms with Gasteiger partial charge in [-0.05, 0) is 42.8 Å². The highest BCUT2D eigenvalue weighted by molar-refractivity contribution is 5.85. The third kappa shape index (κ3) is 5.36. The first kappa shape index (κ1) is 24.4. The molecule has 0 saturated carbocycles. The molecule has 176 valence electrons. The van der Waals surface area contributed by atoms with Gasteiger partial charge >= 0.3 is 0 Å². The minimum atomic E-state index is -0.422. The van der Waals surface area contributed by atoms with E-state index < -0.39 is 5.91 Å². The molecule has 0 bridgehead atoms. The highest BCUT2D eigenvalue weighted by Gasteiger charge is 2.17. The number of hydrogen-bond donors (Lipinski definition) is 5. The maximum Gasteiger partial charge on any atom is 0.219 e. The Morgan fingerprint density at radius 1 is 1.21 bits per heavy atom. The van der Waals surface area contributed by atoms with E-state index in [4.69, 9.17) is 11.5 Å². The summed E-state index contributed by atoms with van der Waals surface area (Å²) in [5.41, 5.74) is 15.4. The molecule has 0 spiro atoms. The lowest BCUT2D eigenvalue weighted by atomic mass is 9.97. The van der Waals surface area contributed by atoms with Crippen LogP contribution in [0, 0.1) is 11.3 Å². The summed E-state index contributed by atoms with van der Waals surface area (Å²) in [4.78, 5) is 17.6. The summed E-state index contributed by atoms with van der Waals surface area (Å²) in [6.07, 6.45) is 0.152. The molecule has 0 unspecified atom stereocenters. The molecule has 1 heterocycles. The summed E-state index contributed by atoms with van der Waals surface area (Å²) in [6, 6.07) is 16.2. The zero-order valence-electron chi connectivity index (χ0n) is 19.0. The van der Waals surface area contributed by atoms with Gasteiger partial charge in [-0.2, -0.15) is 5.26 Å². The highest BCUT2D eigenvalue weighted by Crippen LogP contribution is 2.37. The van der Waals surface area contributed by atoms with E-state index in [1.807, 2.05) is 30.0 Å². The third-order valence-electron chi connectivity index (χ3n) is 5.43. The van der Waals surface area contributed by atoms with Gasteiger partial charge in [0.1, 0.15) is 23.2 Å². The van der Waals surface area contributed by atoms with Crippen LogP contribution in [0.15, 0.2) is 48.5 Å². The molecule has 9 heteroatoms. The molecule has 7 N–H and O–H groups in total. The van der Waals surface area contributed by atoms with E-state index in [1.54, 1.807) is 30.3 Å². The number of rotatable bonds is 10. The number of phenols is 1. The maximum atomic E-state index is 11.2. The fraction of sp³-hybridized carbons (Fsp3) is 0.240. The number of phenolic OH excluding ortho intramolecular Hbond substituents is 1. The molecule has 9 nitrogen and oxygen atoms in total. The number of hydrogen-bond acceptors (Lipinski definition) is 8. The number of pyridine rings is 1. The van der Waals surface area contributed by atoms with Crippen LogP contribution in [0.5, 0.6) is 5.75 Å². The number of para-hydroxylation sites is 1. The predicted molar refractivity (Wildman–Crippen MR) is 133 cm³/mol. The third-order valence-corrected chi connectivity index (χ3v) is 5.43. The second-order valence-corrected chi connectivity index (χ2v) is 7.62. The summed E-state index contributed by atoms with van der Waals surface area (Å²) >= 11 is 0. The van der Waals surface area contributed by atoms with Crippen LogP contribution in [0.2, 0.25) is 0 Å². The van der Waals surface area contributed by atoms with Gasteiger partial charge in [0.25, 0.3) is 0 Å². The van der Waals surface area contributed by atoms with Crippen LogP contribution >= 0.6 is 0 Å². The number of nitrogens with two attached hydrogens (primary N) is 2. The molecule has 1 amide bonds. The quantitative estimate of drug-likeness (QED) is 0.308. The van der Waals surface area contributed by atoms with Crippen molar-refractivity contribution in [3.63, 3.8) is 0 Å². The molecule has 0 saturated heterocycles. The van der Waals surface area contributed by atoms with E-state index >= 15 is 0 Å². The SMILES string of the molecule is CCN(CCO)c1ccc(-c2cc(-c3ccccc3O)nc(N)c2C#N)cc1NCCC(N)=O. The molecule has 1 aromatic heterocycles. The van der Waals surface area contributed by atoms with Crippen LogP contribution in [0.4, 0.5) is 17.2 Å². The van der Waals surface area contributed by atoms with Gasteiger partial charge in [-0.15, -0.1) is 0 Å². The Balaban J connectivity index is 2.15. The molecule has 0 radical (unpaired) electrons. The van der Waals surface area contributed by atoms with Crippen LogP contribution in [-0.4, -0.2) is 47.3 Å². The Bertz CT molecular complexity index is 1220. The van der Waals surface area contributed by atoms with Gasteiger partial charge in [0.15, 0.2) is 0 Å². The number of nitrogens with zero attached hydrogens (tertiary/aromatic N) is 3. The molecule has 0 atom stereocenters. The van der Waals surface area contributed by atoms with E-state index in [0.29, 0.717) is 42.0 Å². The predicted octanol–water partition coefficient (Wildman–Crippen LogP) is 2.68. The van der Waals surface area contributed by atoms with Crippen LogP contribution in [0.1, 0.15) is 18.9 Å². The minimum absolute atomic E-state index is 0.0142. The number of nitrogen functional groups attached to an aromatic ring is 1. The largest absolute Gasteiger partial charge is 0.507 e. The second-order valence-electron chi connectivity index (χ2n) is 7.62. The molecule has 0 fully saturated rings. The zero-order valence-corrected chi connectivity index (χ0v) is 19.0. The Morgan fingerprint density at radius 2 is 1.97 bits per heavy atom. The number of amides is 1. The molecule has 0 aliphatic carbocycles. The van der Waals surface area contributed by atoms with Crippen LogP contribution in [0.25, 0.3) is 22.4 Å².